The minimum Gasteiger partial charge on any atom is -0.508 e. The van der Waals surface area contributed by atoms with Crippen LogP contribution in [0.15, 0.2) is 91.1 Å². The number of hydrogen-bond donors (Lipinski definition) is 3. The quantitative estimate of drug-likeness (QED) is 0.216. The second-order valence-corrected chi connectivity index (χ2v) is 9.15. The van der Waals surface area contributed by atoms with E-state index < -0.39 is 0 Å². The molecule has 0 atom stereocenters. The highest BCUT2D eigenvalue weighted by atomic mass is 16.3. The number of nitrogens with zero attached hydrogens (tertiary/aromatic N) is 3. The normalized spacial score (nSPS) is 10.9. The summed E-state index contributed by atoms with van der Waals surface area (Å²) in [5, 5.41) is 15.7. The van der Waals surface area contributed by atoms with Gasteiger partial charge in [0.1, 0.15) is 5.75 Å². The van der Waals surface area contributed by atoms with Gasteiger partial charge in [-0.25, -0.2) is 9.97 Å². The minimum absolute atomic E-state index is 0.0274. The van der Waals surface area contributed by atoms with Crippen LogP contribution in [0.4, 0.5) is 5.95 Å². The molecule has 1 heterocycles. The predicted octanol–water partition coefficient (Wildman–Crippen LogP) is 5.15. The van der Waals surface area contributed by atoms with Crippen molar-refractivity contribution in [1.82, 2.24) is 20.2 Å². The van der Waals surface area contributed by atoms with E-state index in [1.54, 1.807) is 18.3 Å². The molecule has 0 fully saturated rings. The van der Waals surface area contributed by atoms with Crippen LogP contribution >= 0.6 is 0 Å². The molecule has 0 saturated carbocycles. The van der Waals surface area contributed by atoms with Gasteiger partial charge in [-0.2, -0.15) is 0 Å². The van der Waals surface area contributed by atoms with Crippen molar-refractivity contribution in [3.63, 3.8) is 0 Å². The second kappa shape index (κ2) is 13.9. The average Bonchev–Trinajstić information content (AvgIpc) is 2.96. The maximum absolute atomic E-state index is 12.2. The fourth-order valence-corrected chi connectivity index (χ4v) is 4.22. The number of aromatic nitrogens is 2. The Bertz CT molecular complexity index is 1300. The van der Waals surface area contributed by atoms with Crippen LogP contribution in [0.2, 0.25) is 0 Å². The molecular weight excluding hydrogens is 474 g/mol. The van der Waals surface area contributed by atoms with E-state index in [0.29, 0.717) is 24.6 Å². The summed E-state index contributed by atoms with van der Waals surface area (Å²) in [6, 6.07) is 26.9. The molecule has 0 saturated heterocycles. The van der Waals surface area contributed by atoms with Gasteiger partial charge in [-0.1, -0.05) is 55.5 Å². The Balaban J connectivity index is 1.27. The lowest BCUT2D eigenvalue weighted by molar-refractivity contribution is 0.0951. The Morgan fingerprint density at radius 2 is 1.74 bits per heavy atom. The average molecular weight is 510 g/mol. The van der Waals surface area contributed by atoms with E-state index in [2.05, 4.69) is 51.7 Å². The summed E-state index contributed by atoms with van der Waals surface area (Å²) in [4.78, 5) is 23.7. The van der Waals surface area contributed by atoms with Gasteiger partial charge in [0.05, 0.1) is 5.69 Å². The van der Waals surface area contributed by atoms with Crippen molar-refractivity contribution >= 4 is 11.9 Å². The van der Waals surface area contributed by atoms with Crippen LogP contribution in [-0.2, 0) is 13.0 Å². The number of aromatic hydroxyl groups is 1. The summed E-state index contributed by atoms with van der Waals surface area (Å²) < 4.78 is 0. The Morgan fingerprint density at radius 3 is 2.53 bits per heavy atom. The molecule has 0 aliphatic rings. The molecular formula is C31H35N5O2. The lowest BCUT2D eigenvalue weighted by Crippen LogP contribution is -2.29. The minimum atomic E-state index is -0.0274. The van der Waals surface area contributed by atoms with Crippen molar-refractivity contribution in [1.29, 1.82) is 0 Å². The van der Waals surface area contributed by atoms with Gasteiger partial charge in [0, 0.05) is 43.5 Å². The van der Waals surface area contributed by atoms with Crippen molar-refractivity contribution in [2.75, 3.05) is 31.5 Å². The zero-order valence-corrected chi connectivity index (χ0v) is 21.8. The molecule has 0 aliphatic heterocycles. The van der Waals surface area contributed by atoms with E-state index in [1.165, 1.54) is 5.56 Å². The van der Waals surface area contributed by atoms with E-state index in [-0.39, 0.29) is 11.7 Å². The van der Waals surface area contributed by atoms with E-state index in [4.69, 9.17) is 4.98 Å². The third-order valence-electron chi connectivity index (χ3n) is 6.34. The standard InChI is InChI=1S/C31H35N5O2/c1-2-36(21-7-18-32-30(38)26-9-4-3-5-10-26)23-25-8-6-11-27(22-25)29-17-20-34-31(35-29)33-19-16-24-12-14-28(37)15-13-24/h3-6,8-15,17,20,22,37H,2,7,16,18-19,21,23H2,1H3,(H,32,38)(H,33,34,35). The lowest BCUT2D eigenvalue weighted by Gasteiger charge is -2.21. The third-order valence-corrected chi connectivity index (χ3v) is 6.34. The third kappa shape index (κ3) is 8.15. The van der Waals surface area contributed by atoms with Gasteiger partial charge < -0.3 is 15.7 Å². The second-order valence-electron chi connectivity index (χ2n) is 9.15. The molecule has 0 radical (unpaired) electrons. The van der Waals surface area contributed by atoms with Crippen LogP contribution in [0.5, 0.6) is 5.75 Å². The van der Waals surface area contributed by atoms with Crippen molar-refractivity contribution in [2.24, 2.45) is 0 Å². The summed E-state index contributed by atoms with van der Waals surface area (Å²) in [5.41, 5.74) is 4.98. The summed E-state index contributed by atoms with van der Waals surface area (Å²) in [7, 11) is 0. The number of benzene rings is 3. The first-order valence-electron chi connectivity index (χ1n) is 13.1. The fourth-order valence-electron chi connectivity index (χ4n) is 4.22. The van der Waals surface area contributed by atoms with Crippen LogP contribution in [0.1, 0.15) is 34.8 Å². The molecule has 0 aliphatic carbocycles. The van der Waals surface area contributed by atoms with Crippen LogP contribution in [0.3, 0.4) is 0 Å². The molecule has 7 heteroatoms. The number of amides is 1. The van der Waals surface area contributed by atoms with Gasteiger partial charge in [-0.05, 0) is 66.9 Å². The molecule has 196 valence electrons. The maximum atomic E-state index is 12.2. The highest BCUT2D eigenvalue weighted by Gasteiger charge is 2.08. The molecule has 3 N–H and O–H groups in total. The van der Waals surface area contributed by atoms with Gasteiger partial charge >= 0.3 is 0 Å². The molecule has 1 aromatic heterocycles. The number of nitrogens with one attached hydrogen (secondary N) is 2. The molecule has 7 nitrogen and oxygen atoms in total. The number of carbonyl (C=O) groups excluding carboxylic acids is 1. The summed E-state index contributed by atoms with van der Waals surface area (Å²) in [6.07, 6.45) is 3.48. The molecule has 0 unspecified atom stereocenters. The van der Waals surface area contributed by atoms with Gasteiger partial charge in [0.15, 0.2) is 0 Å². The number of rotatable bonds is 13. The van der Waals surface area contributed by atoms with Crippen LogP contribution in [0.25, 0.3) is 11.3 Å². The zero-order chi connectivity index (χ0) is 26.6. The Hall–Kier alpha value is -4.23. The molecule has 4 rings (SSSR count). The Kier molecular flexibility index (Phi) is 9.82. The van der Waals surface area contributed by atoms with Crippen LogP contribution in [-0.4, -0.2) is 52.1 Å². The fraction of sp³-hybridized carbons (Fsp3) is 0.258. The number of carbonyl (C=O) groups is 1. The molecule has 1 amide bonds. The SMILES string of the molecule is CCN(CCCNC(=O)c1ccccc1)Cc1cccc(-c2ccnc(NCCc3ccc(O)cc3)n2)c1. The van der Waals surface area contributed by atoms with Crippen LogP contribution < -0.4 is 10.6 Å². The molecule has 38 heavy (non-hydrogen) atoms. The van der Waals surface area contributed by atoms with Gasteiger partial charge in [-0.15, -0.1) is 0 Å². The maximum Gasteiger partial charge on any atom is 0.251 e. The van der Waals surface area contributed by atoms with Crippen molar-refractivity contribution in [2.45, 2.75) is 26.3 Å². The summed E-state index contributed by atoms with van der Waals surface area (Å²) in [5.74, 6) is 0.842. The van der Waals surface area contributed by atoms with E-state index in [9.17, 15) is 9.90 Å². The predicted molar refractivity (Wildman–Crippen MR) is 152 cm³/mol. The van der Waals surface area contributed by atoms with Crippen LogP contribution in [0, 0.1) is 0 Å². The molecule has 3 aromatic carbocycles. The van der Waals surface area contributed by atoms with Crippen molar-refractivity contribution < 1.29 is 9.90 Å². The number of phenolic OH excluding ortho intramolecular Hbond substituents is 1. The zero-order valence-electron chi connectivity index (χ0n) is 21.8. The monoisotopic (exact) mass is 509 g/mol. The van der Waals surface area contributed by atoms with Crippen molar-refractivity contribution in [3.05, 3.63) is 108 Å². The lowest BCUT2D eigenvalue weighted by atomic mass is 10.1. The number of phenols is 1. The van der Waals surface area contributed by atoms with E-state index >= 15 is 0 Å². The van der Waals surface area contributed by atoms with Gasteiger partial charge in [0.2, 0.25) is 5.95 Å². The first kappa shape index (κ1) is 26.8. The van der Waals surface area contributed by atoms with Crippen molar-refractivity contribution in [3.8, 4) is 17.0 Å². The highest BCUT2D eigenvalue weighted by Crippen LogP contribution is 2.20. The topological polar surface area (TPSA) is 90.4 Å². The number of anilines is 1. The molecule has 0 bridgehead atoms. The number of hydrogen-bond acceptors (Lipinski definition) is 6. The van der Waals surface area contributed by atoms with E-state index in [1.807, 2.05) is 48.5 Å². The Labute approximate surface area is 224 Å². The first-order valence-corrected chi connectivity index (χ1v) is 13.1. The molecule has 0 spiro atoms. The van der Waals surface area contributed by atoms with Gasteiger partial charge in [0.25, 0.3) is 5.91 Å². The Morgan fingerprint density at radius 1 is 0.921 bits per heavy atom. The highest BCUT2D eigenvalue weighted by molar-refractivity contribution is 5.94. The summed E-state index contributed by atoms with van der Waals surface area (Å²) in [6.45, 7) is 6.17. The largest absolute Gasteiger partial charge is 0.508 e. The van der Waals surface area contributed by atoms with Gasteiger partial charge in [-0.3, -0.25) is 9.69 Å². The molecule has 4 aromatic rings. The smallest absolute Gasteiger partial charge is 0.251 e. The first-order chi connectivity index (χ1) is 18.6. The van der Waals surface area contributed by atoms with E-state index in [0.717, 1.165) is 49.3 Å². The summed E-state index contributed by atoms with van der Waals surface area (Å²) >= 11 is 0.